The van der Waals surface area contributed by atoms with Gasteiger partial charge in [0, 0.05) is 6.54 Å². The Labute approximate surface area is 119 Å². The van der Waals surface area contributed by atoms with Gasteiger partial charge in [0.05, 0.1) is 10.8 Å². The maximum Gasteiger partial charge on any atom is 0.331 e. The van der Waals surface area contributed by atoms with E-state index in [-0.39, 0.29) is 11.4 Å². The van der Waals surface area contributed by atoms with E-state index in [0.717, 1.165) is 0 Å². The normalized spacial score (nSPS) is 13.8. The molecule has 0 fully saturated rings. The summed E-state index contributed by atoms with van der Waals surface area (Å²) in [5.74, 6) is -1.29. The number of hydrogen-bond acceptors (Lipinski definition) is 5. The Morgan fingerprint density at radius 2 is 1.85 bits per heavy atom. The molecule has 0 aliphatic heterocycles. The van der Waals surface area contributed by atoms with E-state index in [1.54, 1.807) is 18.2 Å². The number of sulfonamides is 1. The van der Waals surface area contributed by atoms with Crippen molar-refractivity contribution in [3.63, 3.8) is 0 Å². The number of rotatable bonds is 5. The highest BCUT2D eigenvalue weighted by Gasteiger charge is 2.32. The van der Waals surface area contributed by atoms with Crippen LogP contribution in [-0.4, -0.2) is 20.9 Å². The Hall–Kier alpha value is -1.44. The predicted molar refractivity (Wildman–Crippen MR) is 74.9 cm³/mol. The van der Waals surface area contributed by atoms with Crippen molar-refractivity contribution in [3.8, 4) is 0 Å². The first-order chi connectivity index (χ1) is 9.18. The van der Waals surface area contributed by atoms with E-state index in [4.69, 9.17) is 5.73 Å². The fourth-order valence-electron chi connectivity index (χ4n) is 1.62. The molecular formula is C13H20N2O4S. The molecule has 0 heterocycles. The second-order valence-electron chi connectivity index (χ2n) is 5.48. The van der Waals surface area contributed by atoms with Crippen molar-refractivity contribution >= 4 is 16.0 Å². The van der Waals surface area contributed by atoms with E-state index in [0.29, 0.717) is 0 Å². The summed E-state index contributed by atoms with van der Waals surface area (Å²) in [5.41, 5.74) is 5.12. The molecule has 0 bridgehead atoms. The minimum absolute atomic E-state index is 0.0212. The summed E-state index contributed by atoms with van der Waals surface area (Å²) in [4.78, 5) is 18.4. The van der Waals surface area contributed by atoms with Crippen LogP contribution >= 0.6 is 0 Å². The zero-order chi connectivity index (χ0) is 15.4. The topological polar surface area (TPSA) is 98.5 Å². The molecule has 112 valence electrons. The maximum atomic E-state index is 11.9. The molecule has 1 aromatic rings. The number of nitrogens with one attached hydrogen (secondary N) is 1. The van der Waals surface area contributed by atoms with E-state index in [1.807, 2.05) is 25.7 Å². The van der Waals surface area contributed by atoms with Crippen LogP contribution in [0.3, 0.4) is 0 Å². The highest BCUT2D eigenvalue weighted by atomic mass is 32.2. The molecule has 0 radical (unpaired) electrons. The van der Waals surface area contributed by atoms with Gasteiger partial charge in [-0.2, -0.15) is 0 Å². The first-order valence-electron chi connectivity index (χ1n) is 6.16. The zero-order valence-corrected chi connectivity index (χ0v) is 12.6. The smallest absolute Gasteiger partial charge is 0.331 e. The van der Waals surface area contributed by atoms with Crippen molar-refractivity contribution < 1.29 is 18.0 Å². The van der Waals surface area contributed by atoms with Crippen molar-refractivity contribution in [3.05, 3.63) is 30.3 Å². The third kappa shape index (κ3) is 4.29. The molecule has 0 saturated heterocycles. The van der Waals surface area contributed by atoms with Gasteiger partial charge in [0.15, 0.2) is 0 Å². The van der Waals surface area contributed by atoms with E-state index < -0.39 is 27.3 Å². The van der Waals surface area contributed by atoms with Gasteiger partial charge in [-0.05, 0) is 22.4 Å². The van der Waals surface area contributed by atoms with Gasteiger partial charge < -0.3 is 10.6 Å². The lowest BCUT2D eigenvalue weighted by Crippen LogP contribution is -2.39. The lowest BCUT2D eigenvalue weighted by molar-refractivity contribution is -0.155. The van der Waals surface area contributed by atoms with E-state index >= 15 is 0 Å². The lowest BCUT2D eigenvalue weighted by Gasteiger charge is -2.27. The van der Waals surface area contributed by atoms with Gasteiger partial charge >= 0.3 is 5.97 Å². The van der Waals surface area contributed by atoms with Crippen LogP contribution in [0.2, 0.25) is 0 Å². The van der Waals surface area contributed by atoms with Crippen molar-refractivity contribution in [2.24, 2.45) is 17.1 Å². The molecule has 3 N–H and O–H groups in total. The molecule has 1 rings (SSSR count). The number of hydrogen-bond donors (Lipinski definition) is 2. The largest absolute Gasteiger partial charge is 0.355 e. The molecule has 0 spiro atoms. The Bertz CT molecular complexity index is 549. The molecule has 1 unspecified atom stereocenters. The molecule has 0 amide bonds. The minimum atomic E-state index is -3.88. The summed E-state index contributed by atoms with van der Waals surface area (Å²) in [7, 11) is -3.88. The molecular weight excluding hydrogens is 280 g/mol. The van der Waals surface area contributed by atoms with Gasteiger partial charge in [-0.1, -0.05) is 39.0 Å². The highest BCUT2D eigenvalue weighted by Crippen LogP contribution is 2.25. The molecule has 0 saturated carbocycles. The van der Waals surface area contributed by atoms with Crippen LogP contribution in [0.4, 0.5) is 0 Å². The van der Waals surface area contributed by atoms with Crippen LogP contribution in [-0.2, 0) is 19.7 Å². The van der Waals surface area contributed by atoms with E-state index in [1.165, 1.54) is 12.1 Å². The monoisotopic (exact) mass is 300 g/mol. The second kappa shape index (κ2) is 6.34. The molecule has 7 heteroatoms. The fraction of sp³-hybridized carbons (Fsp3) is 0.462. The summed E-state index contributed by atoms with van der Waals surface area (Å²) in [6.45, 7) is 5.57. The third-order valence-electron chi connectivity index (χ3n) is 2.87. The van der Waals surface area contributed by atoms with Gasteiger partial charge in [-0.25, -0.2) is 13.2 Å². The average molecular weight is 300 g/mol. The Kier molecular flexibility index (Phi) is 5.27. The van der Waals surface area contributed by atoms with Crippen LogP contribution in [0.5, 0.6) is 0 Å². The first-order valence-corrected chi connectivity index (χ1v) is 7.64. The van der Waals surface area contributed by atoms with Crippen LogP contribution < -0.4 is 10.6 Å². The third-order valence-corrected chi connectivity index (χ3v) is 4.07. The van der Waals surface area contributed by atoms with Gasteiger partial charge in [0.2, 0.25) is 0 Å². The number of carbonyl (C=O) groups is 1. The SMILES string of the molecule is CC(C)(C)C(CN)C(=O)ONS(=O)(=O)c1ccccc1. The summed E-state index contributed by atoms with van der Waals surface area (Å²) in [6.07, 6.45) is 0. The van der Waals surface area contributed by atoms with Crippen LogP contribution in [0.1, 0.15) is 20.8 Å². The van der Waals surface area contributed by atoms with Crippen LogP contribution in [0, 0.1) is 11.3 Å². The molecule has 6 nitrogen and oxygen atoms in total. The van der Waals surface area contributed by atoms with Crippen molar-refractivity contribution in [1.82, 2.24) is 4.89 Å². The quantitative estimate of drug-likeness (QED) is 0.792. The van der Waals surface area contributed by atoms with Gasteiger partial charge in [-0.15, -0.1) is 0 Å². The highest BCUT2D eigenvalue weighted by molar-refractivity contribution is 7.89. The molecule has 0 aromatic heterocycles. The predicted octanol–water partition coefficient (Wildman–Crippen LogP) is 1.04. The number of carbonyl (C=O) groups excluding carboxylic acids is 1. The first kappa shape index (κ1) is 16.6. The van der Waals surface area contributed by atoms with Gasteiger partial charge in [0.25, 0.3) is 10.0 Å². The van der Waals surface area contributed by atoms with Crippen LogP contribution in [0.25, 0.3) is 0 Å². The average Bonchev–Trinajstić information content (AvgIpc) is 2.37. The minimum Gasteiger partial charge on any atom is -0.355 e. The molecule has 1 aromatic carbocycles. The van der Waals surface area contributed by atoms with E-state index in [2.05, 4.69) is 4.84 Å². The molecule has 0 aliphatic rings. The molecule has 20 heavy (non-hydrogen) atoms. The fourth-order valence-corrected chi connectivity index (χ4v) is 2.42. The van der Waals surface area contributed by atoms with E-state index in [9.17, 15) is 13.2 Å². The summed E-state index contributed by atoms with van der Waals surface area (Å²) < 4.78 is 23.8. The summed E-state index contributed by atoms with van der Waals surface area (Å²) in [6, 6.07) is 7.65. The van der Waals surface area contributed by atoms with Crippen molar-refractivity contribution in [2.75, 3.05) is 6.54 Å². The Morgan fingerprint density at radius 3 is 2.30 bits per heavy atom. The zero-order valence-electron chi connectivity index (χ0n) is 11.8. The second-order valence-corrected chi connectivity index (χ2v) is 7.12. The number of nitrogens with two attached hydrogens (primary N) is 1. The van der Waals surface area contributed by atoms with Crippen molar-refractivity contribution in [1.29, 1.82) is 0 Å². The Morgan fingerprint density at radius 1 is 1.30 bits per heavy atom. The standard InChI is InChI=1S/C13H20N2O4S/c1-13(2,3)11(9-14)12(16)19-15-20(17,18)10-7-5-4-6-8-10/h4-8,11,15H,9,14H2,1-3H3. The van der Waals surface area contributed by atoms with Gasteiger partial charge in [-0.3, -0.25) is 0 Å². The molecule has 1 atom stereocenters. The lowest BCUT2D eigenvalue weighted by atomic mass is 9.81. The van der Waals surface area contributed by atoms with Crippen LogP contribution in [0.15, 0.2) is 35.2 Å². The number of benzene rings is 1. The molecule has 0 aliphatic carbocycles. The Balaban J connectivity index is 2.75. The summed E-state index contributed by atoms with van der Waals surface area (Å²) in [5, 5.41) is 0. The van der Waals surface area contributed by atoms with Crippen molar-refractivity contribution in [2.45, 2.75) is 25.7 Å². The summed E-state index contributed by atoms with van der Waals surface area (Å²) >= 11 is 0. The van der Waals surface area contributed by atoms with Gasteiger partial charge in [0.1, 0.15) is 0 Å². The maximum absolute atomic E-state index is 11.9.